The lowest BCUT2D eigenvalue weighted by Gasteiger charge is -2.44. The van der Waals surface area contributed by atoms with E-state index in [0.29, 0.717) is 18.9 Å². The fraction of sp³-hybridized carbons (Fsp3) is 0.957. The van der Waals surface area contributed by atoms with E-state index in [-0.39, 0.29) is 41.0 Å². The van der Waals surface area contributed by atoms with Crippen molar-refractivity contribution in [3.8, 4) is 0 Å². The molecule has 0 spiro atoms. The normalized spacial score (nSPS) is 30.2. The van der Waals surface area contributed by atoms with Gasteiger partial charge in [-0.15, -0.1) is 0 Å². The predicted molar refractivity (Wildman–Crippen MR) is 110 cm³/mol. The van der Waals surface area contributed by atoms with Crippen molar-refractivity contribution < 1.29 is 24.1 Å². The molecule has 5 nitrogen and oxygen atoms in total. The van der Waals surface area contributed by atoms with Crippen LogP contribution in [0.15, 0.2) is 0 Å². The third-order valence-corrected chi connectivity index (χ3v) is 6.63. The minimum atomic E-state index is -0.241. The summed E-state index contributed by atoms with van der Waals surface area (Å²) in [5, 5.41) is 10.6. The third-order valence-electron chi connectivity index (χ3n) is 6.63. The second-order valence-electron chi connectivity index (χ2n) is 10.7. The predicted octanol–water partition coefficient (Wildman–Crippen LogP) is 4.56. The van der Waals surface area contributed by atoms with Gasteiger partial charge in [-0.1, -0.05) is 41.5 Å². The van der Waals surface area contributed by atoms with Gasteiger partial charge in [-0.2, -0.15) is 0 Å². The molecular formula is C23H42O5. The Balaban J connectivity index is 1.71. The first-order valence-corrected chi connectivity index (χ1v) is 11.1. The zero-order chi connectivity index (χ0) is 20.9. The van der Waals surface area contributed by atoms with E-state index >= 15 is 0 Å². The van der Waals surface area contributed by atoms with Crippen LogP contribution in [0, 0.1) is 28.6 Å². The Kier molecular flexibility index (Phi) is 8.36. The van der Waals surface area contributed by atoms with E-state index in [1.165, 1.54) is 0 Å². The fourth-order valence-electron chi connectivity index (χ4n) is 4.64. The number of rotatable bonds is 7. The maximum Gasteiger partial charge on any atom is 0.305 e. The van der Waals surface area contributed by atoms with Crippen LogP contribution in [0.4, 0.5) is 0 Å². The van der Waals surface area contributed by atoms with Gasteiger partial charge < -0.3 is 19.3 Å². The zero-order valence-electron chi connectivity index (χ0n) is 18.8. The molecule has 1 heterocycles. The highest BCUT2D eigenvalue weighted by Crippen LogP contribution is 2.44. The Bertz CT molecular complexity index is 490. The summed E-state index contributed by atoms with van der Waals surface area (Å²) in [4.78, 5) is 12.2. The van der Waals surface area contributed by atoms with Crippen LogP contribution < -0.4 is 0 Å². The van der Waals surface area contributed by atoms with Crippen LogP contribution in [-0.2, 0) is 19.0 Å². The van der Waals surface area contributed by atoms with Crippen LogP contribution in [-0.4, -0.2) is 43.3 Å². The number of esters is 1. The first kappa shape index (κ1) is 23.6. The number of aliphatic hydroxyl groups is 1. The molecule has 0 aromatic carbocycles. The summed E-state index contributed by atoms with van der Waals surface area (Å²) in [6.45, 7) is 14.8. The summed E-state index contributed by atoms with van der Waals surface area (Å²) in [5.41, 5.74) is -0.0860. The van der Waals surface area contributed by atoms with Crippen molar-refractivity contribution in [1.82, 2.24) is 0 Å². The molecule has 0 radical (unpaired) electrons. The van der Waals surface area contributed by atoms with Gasteiger partial charge in [0.25, 0.3) is 0 Å². The Hall–Kier alpha value is -0.650. The van der Waals surface area contributed by atoms with Crippen LogP contribution in [0.5, 0.6) is 0 Å². The molecule has 1 saturated heterocycles. The van der Waals surface area contributed by atoms with Crippen LogP contribution in [0.3, 0.4) is 0 Å². The molecule has 4 atom stereocenters. The Morgan fingerprint density at radius 1 is 1.11 bits per heavy atom. The number of ether oxygens (including phenoxy) is 3. The summed E-state index contributed by atoms with van der Waals surface area (Å²) in [7, 11) is 0. The number of aliphatic hydroxyl groups excluding tert-OH is 1. The SMILES string of the molecule is CC1CC(CCC(=O)OCCC(C)(C)C2OCCCO2)CC(C(C)(C)C)C1O. The molecule has 1 aliphatic heterocycles. The van der Waals surface area contributed by atoms with Gasteiger partial charge in [-0.05, 0) is 55.3 Å². The largest absolute Gasteiger partial charge is 0.466 e. The molecule has 2 aliphatic rings. The molecule has 0 bridgehead atoms. The highest BCUT2D eigenvalue weighted by atomic mass is 16.7. The monoisotopic (exact) mass is 398 g/mol. The van der Waals surface area contributed by atoms with Gasteiger partial charge >= 0.3 is 5.97 Å². The van der Waals surface area contributed by atoms with Crippen LogP contribution in [0.1, 0.15) is 80.1 Å². The van der Waals surface area contributed by atoms with Gasteiger partial charge in [-0.3, -0.25) is 4.79 Å². The van der Waals surface area contributed by atoms with E-state index < -0.39 is 0 Å². The average Bonchev–Trinajstić information content (AvgIpc) is 2.62. The summed E-state index contributed by atoms with van der Waals surface area (Å²) >= 11 is 0. The zero-order valence-corrected chi connectivity index (χ0v) is 18.8. The van der Waals surface area contributed by atoms with Crippen molar-refractivity contribution in [3.05, 3.63) is 0 Å². The number of carbonyl (C=O) groups excluding carboxylic acids is 1. The maximum absolute atomic E-state index is 12.2. The van der Waals surface area contributed by atoms with E-state index in [1.807, 2.05) is 0 Å². The first-order valence-electron chi connectivity index (χ1n) is 11.1. The lowest BCUT2D eigenvalue weighted by Crippen LogP contribution is -2.42. The van der Waals surface area contributed by atoms with Gasteiger partial charge in [0.1, 0.15) is 0 Å². The van der Waals surface area contributed by atoms with Crippen LogP contribution in [0.25, 0.3) is 0 Å². The maximum atomic E-state index is 12.2. The lowest BCUT2D eigenvalue weighted by atomic mass is 9.63. The standard InChI is InChI=1S/C23H42O5/c1-16-14-17(15-18(20(16)25)22(2,3)4)8-9-19(24)26-13-10-23(5,6)21-27-11-7-12-28-21/h16-18,20-21,25H,7-15H2,1-6H3. The summed E-state index contributed by atoms with van der Waals surface area (Å²) in [6.07, 6.45) is 4.49. The van der Waals surface area contributed by atoms with E-state index in [2.05, 4.69) is 41.5 Å². The van der Waals surface area contributed by atoms with Crippen LogP contribution in [0.2, 0.25) is 0 Å². The van der Waals surface area contributed by atoms with Gasteiger partial charge in [-0.25, -0.2) is 0 Å². The van der Waals surface area contributed by atoms with Crippen LogP contribution >= 0.6 is 0 Å². The van der Waals surface area contributed by atoms with Gasteiger partial charge in [0.05, 0.1) is 25.9 Å². The third kappa shape index (κ3) is 6.70. The van der Waals surface area contributed by atoms with Gasteiger partial charge in [0.2, 0.25) is 0 Å². The van der Waals surface area contributed by atoms with E-state index in [4.69, 9.17) is 14.2 Å². The molecule has 164 valence electrons. The first-order chi connectivity index (χ1) is 13.0. The molecule has 5 heteroatoms. The Morgan fingerprint density at radius 3 is 2.36 bits per heavy atom. The van der Waals surface area contributed by atoms with Crippen molar-refractivity contribution in [2.75, 3.05) is 19.8 Å². The molecule has 0 aromatic heterocycles. The summed E-state index contributed by atoms with van der Waals surface area (Å²) < 4.78 is 16.9. The summed E-state index contributed by atoms with van der Waals surface area (Å²) in [5.74, 6) is 0.937. The van der Waals surface area contributed by atoms with E-state index in [9.17, 15) is 9.90 Å². The Morgan fingerprint density at radius 2 is 1.75 bits per heavy atom. The molecule has 0 aromatic rings. The molecule has 2 rings (SSSR count). The van der Waals surface area contributed by atoms with Crippen molar-refractivity contribution in [1.29, 1.82) is 0 Å². The fourth-order valence-corrected chi connectivity index (χ4v) is 4.64. The summed E-state index contributed by atoms with van der Waals surface area (Å²) in [6, 6.07) is 0. The number of hydrogen-bond acceptors (Lipinski definition) is 5. The molecular weight excluding hydrogens is 356 g/mol. The molecule has 28 heavy (non-hydrogen) atoms. The number of carbonyl (C=O) groups is 1. The van der Waals surface area contributed by atoms with Crippen molar-refractivity contribution in [3.63, 3.8) is 0 Å². The Labute approximate surface area is 171 Å². The quantitative estimate of drug-likeness (QED) is 0.637. The molecule has 1 aliphatic carbocycles. The van der Waals surface area contributed by atoms with E-state index in [0.717, 1.165) is 45.3 Å². The minimum Gasteiger partial charge on any atom is -0.466 e. The topological polar surface area (TPSA) is 65.0 Å². The highest BCUT2D eigenvalue weighted by Gasteiger charge is 2.40. The van der Waals surface area contributed by atoms with Gasteiger partial charge in [0.15, 0.2) is 6.29 Å². The molecule has 4 unspecified atom stereocenters. The minimum absolute atomic E-state index is 0.0850. The second-order valence-corrected chi connectivity index (χ2v) is 10.7. The highest BCUT2D eigenvalue weighted by molar-refractivity contribution is 5.69. The molecule has 0 amide bonds. The smallest absolute Gasteiger partial charge is 0.305 e. The van der Waals surface area contributed by atoms with Crippen molar-refractivity contribution >= 4 is 5.97 Å². The van der Waals surface area contributed by atoms with Gasteiger partial charge in [0, 0.05) is 11.8 Å². The average molecular weight is 399 g/mol. The molecule has 2 fully saturated rings. The lowest BCUT2D eigenvalue weighted by molar-refractivity contribution is -0.231. The van der Waals surface area contributed by atoms with E-state index in [1.54, 1.807) is 0 Å². The number of hydrogen-bond donors (Lipinski definition) is 1. The molecule has 1 saturated carbocycles. The molecule has 1 N–H and O–H groups in total. The second kappa shape index (κ2) is 9.90. The van der Waals surface area contributed by atoms with Crippen molar-refractivity contribution in [2.24, 2.45) is 28.6 Å². The van der Waals surface area contributed by atoms with Crippen molar-refractivity contribution in [2.45, 2.75) is 92.5 Å².